The third-order valence-electron chi connectivity index (χ3n) is 15.7. The van der Waals surface area contributed by atoms with Gasteiger partial charge in [0.25, 0.3) is 0 Å². The predicted octanol–water partition coefficient (Wildman–Crippen LogP) is 7.48. The molecular weight excluding hydrogens is 614 g/mol. The molecule has 0 radical (unpaired) electrons. The van der Waals surface area contributed by atoms with Crippen LogP contribution < -0.4 is 5.73 Å². The van der Waals surface area contributed by atoms with Crippen molar-refractivity contribution in [3.63, 3.8) is 0 Å². The van der Waals surface area contributed by atoms with Gasteiger partial charge in [0.05, 0.1) is 34.8 Å². The molecule has 1 aromatic heterocycles. The number of aliphatic hydroxyl groups is 1. The van der Waals surface area contributed by atoms with Gasteiger partial charge in [-0.3, -0.25) is 19.6 Å². The molecule has 0 aromatic carbocycles. The molecular formula is C41H63N3O5. The van der Waals surface area contributed by atoms with E-state index in [2.05, 4.69) is 59.5 Å². The molecule has 0 saturated heterocycles. The van der Waals surface area contributed by atoms with E-state index in [-0.39, 0.29) is 51.7 Å². The number of allylic oxidation sites excluding steroid dienone is 2. The molecule has 4 saturated carbocycles. The second-order valence-corrected chi connectivity index (χ2v) is 18.9. The Morgan fingerprint density at radius 3 is 2.27 bits per heavy atom. The summed E-state index contributed by atoms with van der Waals surface area (Å²) in [5, 5.41) is 9.46. The minimum Gasteiger partial charge on any atom is -0.461 e. The highest BCUT2D eigenvalue weighted by atomic mass is 16.5. The highest BCUT2D eigenvalue weighted by molar-refractivity contribution is 5.79. The van der Waals surface area contributed by atoms with Crippen LogP contribution in [0.25, 0.3) is 0 Å². The molecule has 8 nitrogen and oxygen atoms in total. The molecule has 1 aromatic rings. The Morgan fingerprint density at radius 2 is 1.57 bits per heavy atom. The number of aliphatic hydroxyl groups excluding tert-OH is 1. The van der Waals surface area contributed by atoms with Crippen molar-refractivity contribution in [2.45, 2.75) is 152 Å². The SMILES string of the molecule is Cc1nc(C)c(COC(=O)[C@]23CCC(C)(C)C[C@H]2C2=CC[C@@H]4[C@@]5(C)CC[C@H](OC(=O)[C@@H](N)CO)C(C)(C)[C@@H]5CC[C@@]4(C)[C@]2(C)CC3)nc1C. The van der Waals surface area contributed by atoms with Gasteiger partial charge in [0, 0.05) is 5.41 Å². The summed E-state index contributed by atoms with van der Waals surface area (Å²) in [6.45, 7) is 22.6. The number of fused-ring (bicyclic) bond motifs is 7. The summed E-state index contributed by atoms with van der Waals surface area (Å²) in [7, 11) is 0. The summed E-state index contributed by atoms with van der Waals surface area (Å²) in [6.07, 6.45) is 12.1. The van der Waals surface area contributed by atoms with Crippen molar-refractivity contribution in [1.29, 1.82) is 0 Å². The molecule has 0 bridgehead atoms. The van der Waals surface area contributed by atoms with Gasteiger partial charge in [-0.05, 0) is 124 Å². The Balaban J connectivity index is 1.30. The Kier molecular flexibility index (Phi) is 9.03. The maximum absolute atomic E-state index is 14.5. The molecule has 0 aliphatic heterocycles. The van der Waals surface area contributed by atoms with E-state index in [1.165, 1.54) is 5.57 Å². The first kappa shape index (κ1) is 36.5. The van der Waals surface area contributed by atoms with Crippen LogP contribution in [0.3, 0.4) is 0 Å². The Hall–Kier alpha value is -2.32. The van der Waals surface area contributed by atoms with Gasteiger partial charge in [-0.1, -0.05) is 60.1 Å². The molecule has 0 unspecified atom stereocenters. The number of carbonyl (C=O) groups excluding carboxylic acids is 2. The number of hydrogen-bond donors (Lipinski definition) is 2. The van der Waals surface area contributed by atoms with E-state index in [4.69, 9.17) is 20.2 Å². The van der Waals surface area contributed by atoms with E-state index in [9.17, 15) is 14.7 Å². The largest absolute Gasteiger partial charge is 0.461 e. The molecule has 4 fully saturated rings. The van der Waals surface area contributed by atoms with E-state index in [0.717, 1.165) is 87.0 Å². The summed E-state index contributed by atoms with van der Waals surface area (Å²) < 4.78 is 12.3. The highest BCUT2D eigenvalue weighted by Crippen LogP contribution is 2.76. The Labute approximate surface area is 294 Å². The van der Waals surface area contributed by atoms with Gasteiger partial charge in [-0.25, -0.2) is 0 Å². The van der Waals surface area contributed by atoms with Gasteiger partial charge in [0.15, 0.2) is 0 Å². The van der Waals surface area contributed by atoms with E-state index < -0.39 is 24.0 Å². The van der Waals surface area contributed by atoms with Crippen LogP contribution in [0.5, 0.6) is 0 Å². The minimum absolute atomic E-state index is 0.0107. The number of aromatic nitrogens is 2. The smallest absolute Gasteiger partial charge is 0.325 e. The zero-order chi connectivity index (χ0) is 35.9. The summed E-state index contributed by atoms with van der Waals surface area (Å²) in [5.74, 6) is 0.510. The first-order chi connectivity index (χ1) is 22.8. The lowest BCUT2D eigenvalue weighted by atomic mass is 9.33. The summed E-state index contributed by atoms with van der Waals surface area (Å²) in [5.41, 5.74) is 10.3. The number of esters is 2. The van der Waals surface area contributed by atoms with E-state index in [0.29, 0.717) is 11.8 Å². The van der Waals surface area contributed by atoms with Crippen molar-refractivity contribution >= 4 is 11.9 Å². The lowest BCUT2D eigenvalue weighted by Crippen LogP contribution is -2.65. The molecule has 3 N–H and O–H groups in total. The number of ether oxygens (including phenoxy) is 2. The average molecular weight is 678 g/mol. The first-order valence-electron chi connectivity index (χ1n) is 19.0. The fraction of sp³-hybridized carbons (Fsp3) is 0.805. The van der Waals surface area contributed by atoms with E-state index >= 15 is 0 Å². The van der Waals surface area contributed by atoms with Crippen molar-refractivity contribution in [2.75, 3.05) is 6.61 Å². The quantitative estimate of drug-likeness (QED) is 0.235. The topological polar surface area (TPSA) is 125 Å². The van der Waals surface area contributed by atoms with Gasteiger partial charge in [-0.2, -0.15) is 0 Å². The van der Waals surface area contributed by atoms with Crippen molar-refractivity contribution in [2.24, 2.45) is 56.0 Å². The summed E-state index contributed by atoms with van der Waals surface area (Å²) in [4.78, 5) is 36.5. The van der Waals surface area contributed by atoms with Crippen molar-refractivity contribution in [3.05, 3.63) is 34.4 Å². The normalized spacial score (nSPS) is 39.6. The second kappa shape index (κ2) is 12.1. The third-order valence-corrected chi connectivity index (χ3v) is 15.7. The molecule has 5 aliphatic carbocycles. The third kappa shape index (κ3) is 5.52. The van der Waals surface area contributed by atoms with Crippen LogP contribution >= 0.6 is 0 Å². The van der Waals surface area contributed by atoms with Crippen LogP contribution in [0.15, 0.2) is 11.6 Å². The number of nitrogens with two attached hydrogens (primary N) is 1. The van der Waals surface area contributed by atoms with Crippen LogP contribution in [0, 0.1) is 71.0 Å². The number of aryl methyl sites for hydroxylation is 3. The summed E-state index contributed by atoms with van der Waals surface area (Å²) in [6, 6.07) is -0.995. The number of nitrogens with zero attached hydrogens (tertiary/aromatic N) is 2. The zero-order valence-corrected chi connectivity index (χ0v) is 32.0. The Bertz CT molecular complexity index is 1530. The number of rotatable bonds is 6. The van der Waals surface area contributed by atoms with Crippen LogP contribution in [0.4, 0.5) is 0 Å². The van der Waals surface area contributed by atoms with Gasteiger partial charge < -0.3 is 20.3 Å². The van der Waals surface area contributed by atoms with Gasteiger partial charge in [-0.15, -0.1) is 0 Å². The van der Waals surface area contributed by atoms with E-state index in [1.807, 2.05) is 20.8 Å². The monoisotopic (exact) mass is 677 g/mol. The number of carbonyl (C=O) groups is 2. The maximum Gasteiger partial charge on any atom is 0.325 e. The first-order valence-corrected chi connectivity index (χ1v) is 19.0. The molecule has 6 rings (SSSR count). The van der Waals surface area contributed by atoms with Crippen molar-refractivity contribution < 1.29 is 24.2 Å². The summed E-state index contributed by atoms with van der Waals surface area (Å²) >= 11 is 0. The highest BCUT2D eigenvalue weighted by Gasteiger charge is 2.69. The zero-order valence-electron chi connectivity index (χ0n) is 32.0. The van der Waals surface area contributed by atoms with E-state index in [1.54, 1.807) is 0 Å². The van der Waals surface area contributed by atoms with Crippen LogP contribution in [0.2, 0.25) is 0 Å². The minimum atomic E-state index is -0.995. The molecule has 8 heteroatoms. The second-order valence-electron chi connectivity index (χ2n) is 18.9. The molecule has 0 amide bonds. The molecule has 0 spiro atoms. The molecule has 5 aliphatic rings. The van der Waals surface area contributed by atoms with Crippen LogP contribution in [-0.4, -0.2) is 45.8 Å². The molecule has 1 heterocycles. The fourth-order valence-corrected chi connectivity index (χ4v) is 12.3. The fourth-order valence-electron chi connectivity index (χ4n) is 12.3. The Morgan fingerprint density at radius 1 is 0.898 bits per heavy atom. The van der Waals surface area contributed by atoms with Crippen LogP contribution in [-0.2, 0) is 25.7 Å². The van der Waals surface area contributed by atoms with Crippen molar-refractivity contribution in [1.82, 2.24) is 9.97 Å². The van der Waals surface area contributed by atoms with Gasteiger partial charge in [0.1, 0.15) is 18.8 Å². The molecule has 49 heavy (non-hydrogen) atoms. The predicted molar refractivity (Wildman–Crippen MR) is 190 cm³/mol. The molecule has 272 valence electrons. The average Bonchev–Trinajstić information content (AvgIpc) is 3.03. The van der Waals surface area contributed by atoms with Crippen molar-refractivity contribution in [3.8, 4) is 0 Å². The molecule has 9 atom stereocenters. The number of hydrogen-bond acceptors (Lipinski definition) is 8. The van der Waals surface area contributed by atoms with Crippen LogP contribution in [0.1, 0.15) is 135 Å². The lowest BCUT2D eigenvalue weighted by molar-refractivity contribution is -0.215. The lowest BCUT2D eigenvalue weighted by Gasteiger charge is -2.71. The standard InChI is InChI=1S/C41H63N3O5/c1-24-25(2)44-30(26(3)43-24)23-48-35(47)41-19-17-36(4,5)21-28(41)27-11-12-32-38(8)15-14-33(49-34(46)29(42)22-45)37(6,7)31(38)13-16-40(32,10)39(27,9)18-20-41/h11,28-29,31-33,45H,12-23,42H2,1-10H3/t28-,29-,31-,32+,33-,38-,39+,40+,41-/m0/s1. The van der Waals surface area contributed by atoms with Gasteiger partial charge in [0.2, 0.25) is 0 Å². The van der Waals surface area contributed by atoms with Gasteiger partial charge >= 0.3 is 11.9 Å². The maximum atomic E-state index is 14.5.